The second kappa shape index (κ2) is 3.57. The van der Waals surface area contributed by atoms with Gasteiger partial charge in [-0.2, -0.15) is 0 Å². The summed E-state index contributed by atoms with van der Waals surface area (Å²) >= 11 is 0. The number of fused-ring (bicyclic) bond motifs is 1. The van der Waals surface area contributed by atoms with E-state index in [-0.39, 0.29) is 5.91 Å². The maximum Gasteiger partial charge on any atom is 0.246 e. The van der Waals surface area contributed by atoms with E-state index >= 15 is 0 Å². The minimum Gasteiger partial charge on any atom is -0.374 e. The van der Waals surface area contributed by atoms with Crippen LogP contribution in [0.25, 0.3) is 0 Å². The summed E-state index contributed by atoms with van der Waals surface area (Å²) in [5.41, 5.74) is 3.36. The first kappa shape index (κ1) is 10.0. The van der Waals surface area contributed by atoms with E-state index < -0.39 is 0 Å². The molecule has 3 heteroatoms. The van der Waals surface area contributed by atoms with Crippen LogP contribution in [0.1, 0.15) is 25.3 Å². The Morgan fingerprint density at radius 2 is 2.13 bits per heavy atom. The number of nitrogens with one attached hydrogen (secondary N) is 1. The highest BCUT2D eigenvalue weighted by Crippen LogP contribution is 2.35. The van der Waals surface area contributed by atoms with Gasteiger partial charge in [0.15, 0.2) is 0 Å². The molecule has 0 bridgehead atoms. The number of para-hydroxylation sites is 1. The summed E-state index contributed by atoms with van der Waals surface area (Å²) < 4.78 is 0. The molecule has 3 nitrogen and oxygen atoms in total. The topological polar surface area (TPSA) is 32.3 Å². The number of hydrogen-bond acceptors (Lipinski definition) is 2. The molecule has 2 rings (SSSR count). The molecule has 0 saturated heterocycles. The molecule has 1 aromatic rings. The zero-order chi connectivity index (χ0) is 11.0. The Bertz CT molecular complexity index is 399. The number of likely N-dealkylation sites (N-methyl/N-ethyl adjacent to an activating group) is 1. The summed E-state index contributed by atoms with van der Waals surface area (Å²) in [7, 11) is 1.83. The number of nitrogens with zero attached hydrogens (tertiary/aromatic N) is 1. The zero-order valence-electron chi connectivity index (χ0n) is 9.37. The fourth-order valence-electron chi connectivity index (χ4n) is 1.93. The van der Waals surface area contributed by atoms with Crippen molar-refractivity contribution in [2.45, 2.75) is 19.8 Å². The molecule has 0 aliphatic carbocycles. The van der Waals surface area contributed by atoms with Gasteiger partial charge in [-0.1, -0.05) is 26.0 Å². The van der Waals surface area contributed by atoms with E-state index in [9.17, 15) is 4.79 Å². The van der Waals surface area contributed by atoms with E-state index in [0.717, 1.165) is 11.4 Å². The van der Waals surface area contributed by atoms with Gasteiger partial charge in [-0.25, -0.2) is 0 Å². The Labute approximate surface area is 90.1 Å². The van der Waals surface area contributed by atoms with Gasteiger partial charge in [0.2, 0.25) is 5.91 Å². The third-order valence-electron chi connectivity index (χ3n) is 2.85. The van der Waals surface area contributed by atoms with Crippen molar-refractivity contribution >= 4 is 17.3 Å². The van der Waals surface area contributed by atoms with Gasteiger partial charge in [-0.15, -0.1) is 0 Å². The van der Waals surface area contributed by atoms with Crippen LogP contribution in [0.5, 0.6) is 0 Å². The number of benzene rings is 1. The van der Waals surface area contributed by atoms with E-state index in [2.05, 4.69) is 25.2 Å². The highest BCUT2D eigenvalue weighted by Gasteiger charge is 2.22. The van der Waals surface area contributed by atoms with Crippen molar-refractivity contribution in [2.75, 3.05) is 23.8 Å². The Morgan fingerprint density at radius 3 is 2.80 bits per heavy atom. The molecule has 1 amide bonds. The molecule has 1 aliphatic rings. The quantitative estimate of drug-likeness (QED) is 0.760. The molecule has 15 heavy (non-hydrogen) atoms. The predicted molar refractivity (Wildman–Crippen MR) is 62.4 cm³/mol. The normalized spacial score (nSPS) is 15.2. The van der Waals surface area contributed by atoms with Crippen LogP contribution in [0.2, 0.25) is 0 Å². The maximum atomic E-state index is 11.5. The monoisotopic (exact) mass is 204 g/mol. The number of carbonyl (C=O) groups is 1. The van der Waals surface area contributed by atoms with Gasteiger partial charge in [0.1, 0.15) is 0 Å². The third-order valence-corrected chi connectivity index (χ3v) is 2.85. The molecule has 1 aliphatic heterocycles. The van der Waals surface area contributed by atoms with Crippen LogP contribution >= 0.6 is 0 Å². The number of rotatable bonds is 1. The summed E-state index contributed by atoms with van der Waals surface area (Å²) in [6, 6.07) is 6.09. The highest BCUT2D eigenvalue weighted by molar-refractivity contribution is 6.02. The average molecular weight is 204 g/mol. The van der Waals surface area contributed by atoms with E-state index in [1.807, 2.05) is 19.2 Å². The molecule has 0 atom stereocenters. The van der Waals surface area contributed by atoms with Crippen LogP contribution in [0.4, 0.5) is 11.4 Å². The lowest BCUT2D eigenvalue weighted by atomic mass is 9.98. The Kier molecular flexibility index (Phi) is 2.39. The predicted octanol–water partition coefficient (Wildman–Crippen LogP) is 2.20. The second-order valence-corrected chi connectivity index (χ2v) is 4.20. The fraction of sp³-hybridized carbons (Fsp3) is 0.417. The number of amides is 1. The lowest BCUT2D eigenvalue weighted by molar-refractivity contribution is -0.116. The molecule has 80 valence electrons. The lowest BCUT2D eigenvalue weighted by Crippen LogP contribution is -2.37. The van der Waals surface area contributed by atoms with Crippen molar-refractivity contribution in [1.29, 1.82) is 0 Å². The summed E-state index contributed by atoms with van der Waals surface area (Å²) in [4.78, 5) is 13.2. The van der Waals surface area contributed by atoms with Crippen LogP contribution in [0.3, 0.4) is 0 Å². The third kappa shape index (κ3) is 1.58. The average Bonchev–Trinajstić information content (AvgIpc) is 2.23. The van der Waals surface area contributed by atoms with Gasteiger partial charge < -0.3 is 10.2 Å². The maximum absolute atomic E-state index is 11.5. The number of carbonyl (C=O) groups excluding carboxylic acids is 1. The van der Waals surface area contributed by atoms with Gasteiger partial charge in [0, 0.05) is 7.05 Å². The first-order valence-corrected chi connectivity index (χ1v) is 5.24. The standard InChI is InChI=1S/C12H16N2O/c1-8(2)9-5-4-6-10-12(9)13-7-11(15)14(10)3/h4-6,8,13H,7H2,1-3H3. The largest absolute Gasteiger partial charge is 0.374 e. The molecular formula is C12H16N2O. The van der Waals surface area contributed by atoms with Crippen molar-refractivity contribution in [2.24, 2.45) is 0 Å². The van der Waals surface area contributed by atoms with E-state index in [0.29, 0.717) is 12.5 Å². The minimum absolute atomic E-state index is 0.114. The van der Waals surface area contributed by atoms with E-state index in [4.69, 9.17) is 0 Å². The molecule has 0 aromatic heterocycles. The van der Waals surface area contributed by atoms with Crippen LogP contribution in [0, 0.1) is 0 Å². The van der Waals surface area contributed by atoms with Crippen LogP contribution in [-0.4, -0.2) is 19.5 Å². The van der Waals surface area contributed by atoms with Crippen molar-refractivity contribution in [3.8, 4) is 0 Å². The Hall–Kier alpha value is -1.51. The SMILES string of the molecule is CC(C)c1cccc2c1NCC(=O)N2C. The molecule has 0 saturated carbocycles. The minimum atomic E-state index is 0.114. The van der Waals surface area contributed by atoms with Crippen molar-refractivity contribution in [3.05, 3.63) is 23.8 Å². The molecule has 0 radical (unpaired) electrons. The number of hydrogen-bond donors (Lipinski definition) is 1. The van der Waals surface area contributed by atoms with Crippen molar-refractivity contribution < 1.29 is 4.79 Å². The van der Waals surface area contributed by atoms with Gasteiger partial charge in [0.25, 0.3) is 0 Å². The van der Waals surface area contributed by atoms with E-state index in [1.54, 1.807) is 4.90 Å². The van der Waals surface area contributed by atoms with Crippen LogP contribution < -0.4 is 10.2 Å². The number of anilines is 2. The first-order valence-electron chi connectivity index (χ1n) is 5.24. The van der Waals surface area contributed by atoms with Gasteiger partial charge in [-0.3, -0.25) is 4.79 Å². The summed E-state index contributed by atoms with van der Waals surface area (Å²) in [6.45, 7) is 4.72. The molecule has 0 spiro atoms. The summed E-state index contributed by atoms with van der Waals surface area (Å²) in [6.07, 6.45) is 0. The molecule has 1 heterocycles. The first-order chi connectivity index (χ1) is 7.11. The Morgan fingerprint density at radius 1 is 1.40 bits per heavy atom. The molecule has 1 aromatic carbocycles. The lowest BCUT2D eigenvalue weighted by Gasteiger charge is -2.29. The smallest absolute Gasteiger partial charge is 0.246 e. The summed E-state index contributed by atoms with van der Waals surface area (Å²) in [5.74, 6) is 0.581. The molecule has 0 unspecified atom stereocenters. The fourth-order valence-corrected chi connectivity index (χ4v) is 1.93. The molecule has 1 N–H and O–H groups in total. The van der Waals surface area contributed by atoms with Gasteiger partial charge in [-0.05, 0) is 17.5 Å². The van der Waals surface area contributed by atoms with Gasteiger partial charge in [0.05, 0.1) is 17.9 Å². The van der Waals surface area contributed by atoms with Crippen LogP contribution in [-0.2, 0) is 4.79 Å². The van der Waals surface area contributed by atoms with Crippen molar-refractivity contribution in [1.82, 2.24) is 0 Å². The second-order valence-electron chi connectivity index (χ2n) is 4.20. The van der Waals surface area contributed by atoms with Gasteiger partial charge >= 0.3 is 0 Å². The van der Waals surface area contributed by atoms with Crippen molar-refractivity contribution in [3.63, 3.8) is 0 Å². The van der Waals surface area contributed by atoms with Crippen LogP contribution in [0.15, 0.2) is 18.2 Å². The molecule has 0 fully saturated rings. The molecular weight excluding hydrogens is 188 g/mol. The van der Waals surface area contributed by atoms with E-state index in [1.165, 1.54) is 5.56 Å². The highest BCUT2D eigenvalue weighted by atomic mass is 16.2. The summed E-state index contributed by atoms with van der Waals surface area (Å²) in [5, 5.41) is 3.20. The Balaban J connectivity index is 2.53. The zero-order valence-corrected chi connectivity index (χ0v) is 9.37.